The second kappa shape index (κ2) is 9.60. The van der Waals surface area contributed by atoms with E-state index in [4.69, 9.17) is 4.74 Å². The maximum atomic E-state index is 14.1. The Balaban J connectivity index is 1.83. The van der Waals surface area contributed by atoms with E-state index in [0.29, 0.717) is 23.4 Å². The summed E-state index contributed by atoms with van der Waals surface area (Å²) >= 11 is 0. The van der Waals surface area contributed by atoms with Crippen LogP contribution in [0.2, 0.25) is 0 Å². The molecule has 3 rings (SSSR count). The standard InChI is InChI=1S/C22H17F4N3O4/c1-33-17-7-4-14-10-29(20(31)18(14)9-17)11-16(28-21(32)27-12-30)6-3-13-2-5-15(8-19(13)23)22(24,25)26/h2,4-5,7-9,12,16H,10-11H2,1H3,(H2,27,28,30,32)/t16-/m1/s1. The highest BCUT2D eigenvalue weighted by Crippen LogP contribution is 2.30. The van der Waals surface area contributed by atoms with E-state index in [9.17, 15) is 31.9 Å². The van der Waals surface area contributed by atoms with Crippen LogP contribution in [0.4, 0.5) is 22.4 Å². The fourth-order valence-corrected chi connectivity index (χ4v) is 3.17. The normalized spacial score (nSPS) is 13.5. The minimum Gasteiger partial charge on any atom is -0.497 e. The van der Waals surface area contributed by atoms with Gasteiger partial charge in [-0.2, -0.15) is 13.2 Å². The van der Waals surface area contributed by atoms with E-state index in [-0.39, 0.29) is 31.0 Å². The number of fused-ring (bicyclic) bond motifs is 1. The van der Waals surface area contributed by atoms with Crippen LogP contribution < -0.4 is 15.4 Å². The van der Waals surface area contributed by atoms with Crippen LogP contribution in [0.5, 0.6) is 5.75 Å². The average molecular weight is 463 g/mol. The third-order valence-electron chi connectivity index (χ3n) is 4.77. The maximum Gasteiger partial charge on any atom is 0.416 e. The van der Waals surface area contributed by atoms with Crippen LogP contribution >= 0.6 is 0 Å². The highest BCUT2D eigenvalue weighted by molar-refractivity contribution is 5.98. The molecule has 11 heteroatoms. The van der Waals surface area contributed by atoms with Crippen molar-refractivity contribution in [3.63, 3.8) is 0 Å². The molecule has 0 aromatic heterocycles. The van der Waals surface area contributed by atoms with Gasteiger partial charge in [-0.25, -0.2) is 9.18 Å². The molecule has 2 aromatic rings. The number of nitrogens with zero attached hydrogens (tertiary/aromatic N) is 1. The summed E-state index contributed by atoms with van der Waals surface area (Å²) in [6.07, 6.45) is -4.57. The summed E-state index contributed by atoms with van der Waals surface area (Å²) in [5, 5.41) is 4.22. The molecule has 1 aliphatic rings. The molecule has 0 radical (unpaired) electrons. The van der Waals surface area contributed by atoms with Gasteiger partial charge in [-0.15, -0.1) is 0 Å². The second-order valence-corrected chi connectivity index (χ2v) is 6.96. The Bertz CT molecular complexity index is 1150. The van der Waals surface area contributed by atoms with Crippen molar-refractivity contribution in [2.75, 3.05) is 13.7 Å². The van der Waals surface area contributed by atoms with Gasteiger partial charge in [0.2, 0.25) is 6.41 Å². The number of urea groups is 1. The molecule has 0 bridgehead atoms. The first-order valence-electron chi connectivity index (χ1n) is 9.47. The number of hydrogen-bond donors (Lipinski definition) is 2. The van der Waals surface area contributed by atoms with Gasteiger partial charge in [-0.1, -0.05) is 17.9 Å². The van der Waals surface area contributed by atoms with Crippen LogP contribution in [0.1, 0.15) is 27.0 Å². The maximum absolute atomic E-state index is 14.1. The molecule has 1 aliphatic heterocycles. The lowest BCUT2D eigenvalue weighted by Crippen LogP contribution is -2.46. The predicted octanol–water partition coefficient (Wildman–Crippen LogP) is 2.68. The Morgan fingerprint density at radius 1 is 1.27 bits per heavy atom. The molecule has 4 amide bonds. The summed E-state index contributed by atoms with van der Waals surface area (Å²) in [5.41, 5.74) is -0.362. The molecule has 0 fully saturated rings. The van der Waals surface area contributed by atoms with E-state index in [1.807, 2.05) is 5.32 Å². The number of methoxy groups -OCH3 is 1. The lowest BCUT2D eigenvalue weighted by Gasteiger charge is -2.21. The molecule has 2 aromatic carbocycles. The first-order chi connectivity index (χ1) is 15.6. The summed E-state index contributed by atoms with van der Waals surface area (Å²) in [4.78, 5) is 36.4. The van der Waals surface area contributed by atoms with Gasteiger partial charge in [-0.05, 0) is 35.9 Å². The third-order valence-corrected chi connectivity index (χ3v) is 4.77. The number of halogens is 4. The lowest BCUT2D eigenvalue weighted by atomic mass is 10.1. The largest absolute Gasteiger partial charge is 0.497 e. The molecule has 1 atom stereocenters. The zero-order valence-corrected chi connectivity index (χ0v) is 17.1. The van der Waals surface area contributed by atoms with Crippen LogP contribution in [0.3, 0.4) is 0 Å². The quantitative estimate of drug-likeness (QED) is 0.406. The van der Waals surface area contributed by atoms with Crippen molar-refractivity contribution in [3.05, 3.63) is 64.5 Å². The van der Waals surface area contributed by atoms with Gasteiger partial charge in [0.1, 0.15) is 17.6 Å². The molecule has 0 spiro atoms. The number of carbonyl (C=O) groups excluding carboxylic acids is 3. The zero-order chi connectivity index (χ0) is 24.2. The first-order valence-corrected chi connectivity index (χ1v) is 9.47. The van der Waals surface area contributed by atoms with E-state index < -0.39 is 29.6 Å². The molecule has 2 N–H and O–H groups in total. The molecular formula is C22H17F4N3O4. The molecule has 0 saturated heterocycles. The Morgan fingerprint density at radius 3 is 2.67 bits per heavy atom. The Morgan fingerprint density at radius 2 is 2.03 bits per heavy atom. The van der Waals surface area contributed by atoms with Gasteiger partial charge in [-0.3, -0.25) is 14.9 Å². The minimum absolute atomic E-state index is 0.128. The van der Waals surface area contributed by atoms with Crippen molar-refractivity contribution < 1.29 is 36.7 Å². The molecule has 33 heavy (non-hydrogen) atoms. The molecule has 7 nitrogen and oxygen atoms in total. The summed E-state index contributed by atoms with van der Waals surface area (Å²) in [5.74, 6) is 3.87. The Kier molecular flexibility index (Phi) is 6.86. The van der Waals surface area contributed by atoms with Gasteiger partial charge in [0.15, 0.2) is 0 Å². The first kappa shape index (κ1) is 23.6. The fraction of sp³-hybridized carbons (Fsp3) is 0.227. The van der Waals surface area contributed by atoms with Crippen molar-refractivity contribution in [2.45, 2.75) is 18.8 Å². The summed E-state index contributed by atoms with van der Waals surface area (Å²) in [7, 11) is 1.46. The minimum atomic E-state index is -4.71. The number of rotatable bonds is 5. The molecule has 1 heterocycles. The van der Waals surface area contributed by atoms with Crippen LogP contribution in [0.15, 0.2) is 36.4 Å². The highest BCUT2D eigenvalue weighted by atomic mass is 19.4. The van der Waals surface area contributed by atoms with Crippen molar-refractivity contribution in [2.24, 2.45) is 0 Å². The topological polar surface area (TPSA) is 87.7 Å². The number of imide groups is 1. The van der Waals surface area contributed by atoms with Gasteiger partial charge in [0.25, 0.3) is 5.91 Å². The van der Waals surface area contributed by atoms with Crippen LogP contribution in [-0.4, -0.2) is 42.9 Å². The molecular weight excluding hydrogens is 446 g/mol. The van der Waals surface area contributed by atoms with Gasteiger partial charge < -0.3 is 15.0 Å². The highest BCUT2D eigenvalue weighted by Gasteiger charge is 2.31. The van der Waals surface area contributed by atoms with Crippen LogP contribution in [0.25, 0.3) is 0 Å². The van der Waals surface area contributed by atoms with E-state index in [1.165, 1.54) is 12.0 Å². The Labute approximate surface area is 185 Å². The number of carbonyl (C=O) groups is 3. The SMILES string of the molecule is COc1ccc2c(c1)C(=O)N(C[C@@H](C#Cc1ccc(C(F)(F)F)cc1F)NC(=O)NC=O)C2. The predicted molar refractivity (Wildman–Crippen MR) is 108 cm³/mol. The van der Waals surface area contributed by atoms with Crippen molar-refractivity contribution in [3.8, 4) is 17.6 Å². The van der Waals surface area contributed by atoms with E-state index in [0.717, 1.165) is 11.6 Å². The lowest BCUT2D eigenvalue weighted by molar-refractivity contribution is -0.137. The van der Waals surface area contributed by atoms with Crippen molar-refractivity contribution >= 4 is 18.3 Å². The molecule has 0 unspecified atom stereocenters. The number of alkyl halides is 3. The van der Waals surface area contributed by atoms with Crippen LogP contribution in [0, 0.1) is 17.7 Å². The molecule has 172 valence electrons. The number of hydrogen-bond acceptors (Lipinski definition) is 4. The van der Waals surface area contributed by atoms with Crippen molar-refractivity contribution in [1.82, 2.24) is 15.5 Å². The number of nitrogens with one attached hydrogen (secondary N) is 2. The van der Waals surface area contributed by atoms with Gasteiger partial charge in [0.05, 0.1) is 24.8 Å². The smallest absolute Gasteiger partial charge is 0.416 e. The van der Waals surface area contributed by atoms with E-state index in [2.05, 4.69) is 17.2 Å². The molecule has 0 aliphatic carbocycles. The summed E-state index contributed by atoms with van der Waals surface area (Å²) < 4.78 is 57.4. The molecule has 0 saturated carbocycles. The monoisotopic (exact) mass is 463 g/mol. The third kappa shape index (κ3) is 5.60. The summed E-state index contributed by atoms with van der Waals surface area (Å²) in [6.45, 7) is 0.0827. The second-order valence-electron chi connectivity index (χ2n) is 6.96. The van der Waals surface area contributed by atoms with E-state index >= 15 is 0 Å². The summed E-state index contributed by atoms with van der Waals surface area (Å²) in [6, 6.07) is 4.88. The number of benzene rings is 2. The Hall–Kier alpha value is -4.07. The fourth-order valence-electron chi connectivity index (χ4n) is 3.17. The van der Waals surface area contributed by atoms with E-state index in [1.54, 1.807) is 18.2 Å². The number of amides is 4. The van der Waals surface area contributed by atoms with Crippen molar-refractivity contribution in [1.29, 1.82) is 0 Å². The van der Waals surface area contributed by atoms with Gasteiger partial charge in [0, 0.05) is 12.1 Å². The average Bonchev–Trinajstić information content (AvgIpc) is 3.06. The van der Waals surface area contributed by atoms with Gasteiger partial charge >= 0.3 is 12.2 Å². The zero-order valence-electron chi connectivity index (χ0n) is 17.1. The van der Waals surface area contributed by atoms with Crippen LogP contribution in [-0.2, 0) is 17.5 Å². The number of ether oxygens (including phenoxy) is 1.